The Labute approximate surface area is 162 Å². The zero-order valence-corrected chi connectivity index (χ0v) is 16.4. The molecule has 6 heteroatoms. The molecule has 1 unspecified atom stereocenters. The highest BCUT2D eigenvalue weighted by molar-refractivity contribution is 5.79. The second-order valence-electron chi connectivity index (χ2n) is 6.99. The Morgan fingerprint density at radius 1 is 1.26 bits per heavy atom. The standard InChI is InChI=1S/C21H31N5O/c1-3-19-11-7-8-13-26(19)14-12-23-21(22-2)24-16-18-15-20(27-25-18)17-9-5-4-6-10-17/h4-6,9-10,15,19H,3,7-8,11-14,16H2,1-2H3,(H2,22,23,24). The van der Waals surface area contributed by atoms with Gasteiger partial charge in [-0.25, -0.2) is 0 Å². The number of guanidine groups is 1. The van der Waals surface area contributed by atoms with Gasteiger partial charge < -0.3 is 15.2 Å². The topological polar surface area (TPSA) is 65.7 Å². The van der Waals surface area contributed by atoms with Crippen molar-refractivity contribution in [3.8, 4) is 11.3 Å². The highest BCUT2D eigenvalue weighted by Gasteiger charge is 2.19. The molecule has 1 aliphatic rings. The zero-order valence-electron chi connectivity index (χ0n) is 16.4. The Hall–Kier alpha value is -2.34. The predicted octanol–water partition coefficient (Wildman–Crippen LogP) is 3.27. The molecule has 0 aliphatic carbocycles. The molecule has 1 fully saturated rings. The summed E-state index contributed by atoms with van der Waals surface area (Å²) in [4.78, 5) is 6.91. The van der Waals surface area contributed by atoms with E-state index in [0.717, 1.165) is 42.1 Å². The second-order valence-corrected chi connectivity index (χ2v) is 6.99. The average molecular weight is 370 g/mol. The number of hydrogen-bond acceptors (Lipinski definition) is 4. The number of piperidine rings is 1. The molecule has 3 rings (SSSR count). The zero-order chi connectivity index (χ0) is 18.9. The molecule has 1 atom stereocenters. The largest absolute Gasteiger partial charge is 0.356 e. The number of benzene rings is 1. The van der Waals surface area contributed by atoms with Gasteiger partial charge in [-0.15, -0.1) is 0 Å². The number of hydrogen-bond donors (Lipinski definition) is 2. The van der Waals surface area contributed by atoms with Crippen LogP contribution in [0.5, 0.6) is 0 Å². The van der Waals surface area contributed by atoms with Crippen molar-refractivity contribution in [2.45, 2.75) is 45.2 Å². The Balaban J connectivity index is 1.43. The van der Waals surface area contributed by atoms with Crippen LogP contribution in [0.15, 0.2) is 45.9 Å². The van der Waals surface area contributed by atoms with E-state index < -0.39 is 0 Å². The third-order valence-electron chi connectivity index (χ3n) is 5.19. The first kappa shape index (κ1) is 19.4. The molecule has 1 aromatic heterocycles. The summed E-state index contributed by atoms with van der Waals surface area (Å²) in [7, 11) is 1.79. The summed E-state index contributed by atoms with van der Waals surface area (Å²) >= 11 is 0. The summed E-state index contributed by atoms with van der Waals surface area (Å²) in [6.07, 6.45) is 5.26. The number of nitrogens with one attached hydrogen (secondary N) is 2. The fraction of sp³-hybridized carbons (Fsp3) is 0.524. The van der Waals surface area contributed by atoms with Gasteiger partial charge in [-0.1, -0.05) is 48.8 Å². The van der Waals surface area contributed by atoms with Gasteiger partial charge in [-0.2, -0.15) is 0 Å². The van der Waals surface area contributed by atoms with Crippen LogP contribution in [0.3, 0.4) is 0 Å². The van der Waals surface area contributed by atoms with Crippen LogP contribution in [0.25, 0.3) is 11.3 Å². The monoisotopic (exact) mass is 369 g/mol. The van der Waals surface area contributed by atoms with E-state index in [9.17, 15) is 0 Å². The van der Waals surface area contributed by atoms with Crippen LogP contribution in [0.1, 0.15) is 38.3 Å². The maximum absolute atomic E-state index is 5.44. The van der Waals surface area contributed by atoms with Gasteiger partial charge in [0.05, 0.1) is 6.54 Å². The summed E-state index contributed by atoms with van der Waals surface area (Å²) in [5.41, 5.74) is 1.89. The van der Waals surface area contributed by atoms with E-state index in [1.807, 2.05) is 36.4 Å². The first-order valence-electron chi connectivity index (χ1n) is 9.99. The van der Waals surface area contributed by atoms with Crippen LogP contribution < -0.4 is 10.6 Å². The predicted molar refractivity (Wildman–Crippen MR) is 110 cm³/mol. The van der Waals surface area contributed by atoms with Crippen molar-refractivity contribution in [1.82, 2.24) is 20.7 Å². The summed E-state index contributed by atoms with van der Waals surface area (Å²) in [5, 5.41) is 10.9. The summed E-state index contributed by atoms with van der Waals surface area (Å²) in [6, 6.07) is 12.7. The molecular weight excluding hydrogens is 338 g/mol. The van der Waals surface area contributed by atoms with Crippen molar-refractivity contribution in [1.29, 1.82) is 0 Å². The number of aromatic nitrogens is 1. The molecule has 0 amide bonds. The summed E-state index contributed by atoms with van der Waals surface area (Å²) in [5.74, 6) is 1.58. The molecule has 2 aromatic rings. The molecule has 27 heavy (non-hydrogen) atoms. The van der Waals surface area contributed by atoms with Crippen molar-refractivity contribution >= 4 is 5.96 Å². The molecule has 0 bridgehead atoms. The van der Waals surface area contributed by atoms with Crippen LogP contribution >= 0.6 is 0 Å². The van der Waals surface area contributed by atoms with Gasteiger partial charge in [0.2, 0.25) is 0 Å². The van der Waals surface area contributed by atoms with Crippen LogP contribution in [0.4, 0.5) is 0 Å². The molecule has 1 aromatic carbocycles. The Bertz CT molecular complexity index is 712. The van der Waals surface area contributed by atoms with Crippen molar-refractivity contribution in [2.24, 2.45) is 4.99 Å². The molecule has 0 spiro atoms. The Morgan fingerprint density at radius 2 is 2.11 bits per heavy atom. The van der Waals surface area contributed by atoms with Gasteiger partial charge in [-0.05, 0) is 25.8 Å². The Morgan fingerprint density at radius 3 is 2.89 bits per heavy atom. The SMILES string of the molecule is CCC1CCCCN1CCNC(=NC)NCc1cc(-c2ccccc2)on1. The molecule has 1 aliphatic heterocycles. The molecule has 0 radical (unpaired) electrons. The van der Waals surface area contributed by atoms with Crippen LogP contribution in [0.2, 0.25) is 0 Å². The summed E-state index contributed by atoms with van der Waals surface area (Å²) < 4.78 is 5.44. The molecular formula is C21H31N5O. The van der Waals surface area contributed by atoms with Crippen LogP contribution in [0, 0.1) is 0 Å². The molecule has 2 heterocycles. The van der Waals surface area contributed by atoms with Crippen molar-refractivity contribution < 1.29 is 4.52 Å². The minimum Gasteiger partial charge on any atom is -0.356 e. The highest BCUT2D eigenvalue weighted by atomic mass is 16.5. The van der Waals surface area contributed by atoms with Gasteiger partial charge in [-0.3, -0.25) is 9.89 Å². The average Bonchev–Trinajstić information content (AvgIpc) is 3.20. The minimum atomic E-state index is 0.581. The minimum absolute atomic E-state index is 0.581. The maximum Gasteiger partial charge on any atom is 0.191 e. The molecule has 146 valence electrons. The fourth-order valence-corrected chi connectivity index (χ4v) is 3.66. The first-order valence-corrected chi connectivity index (χ1v) is 9.99. The van der Waals surface area contributed by atoms with Crippen LogP contribution in [-0.4, -0.2) is 48.7 Å². The third kappa shape index (κ3) is 5.57. The van der Waals surface area contributed by atoms with Gasteiger partial charge in [0.15, 0.2) is 11.7 Å². The van der Waals surface area contributed by atoms with Gasteiger partial charge in [0.1, 0.15) is 5.69 Å². The van der Waals surface area contributed by atoms with E-state index in [-0.39, 0.29) is 0 Å². The van der Waals surface area contributed by atoms with Crippen molar-refractivity contribution in [2.75, 3.05) is 26.7 Å². The van der Waals surface area contributed by atoms with E-state index in [2.05, 4.69) is 32.6 Å². The second kappa shape index (κ2) is 10.1. The quantitative estimate of drug-likeness (QED) is 0.579. The smallest absolute Gasteiger partial charge is 0.191 e. The normalized spacial score (nSPS) is 18.4. The van der Waals surface area contributed by atoms with Crippen molar-refractivity contribution in [3.05, 3.63) is 42.1 Å². The van der Waals surface area contributed by atoms with Gasteiger partial charge in [0.25, 0.3) is 0 Å². The lowest BCUT2D eigenvalue weighted by atomic mass is 10.0. The molecule has 6 nitrogen and oxygen atoms in total. The first-order chi connectivity index (χ1) is 13.3. The lowest BCUT2D eigenvalue weighted by Crippen LogP contribution is -2.45. The lowest BCUT2D eigenvalue weighted by molar-refractivity contribution is 0.147. The van der Waals surface area contributed by atoms with E-state index >= 15 is 0 Å². The fourth-order valence-electron chi connectivity index (χ4n) is 3.66. The van der Waals surface area contributed by atoms with Crippen molar-refractivity contribution in [3.63, 3.8) is 0 Å². The number of rotatable bonds is 7. The molecule has 0 saturated carbocycles. The highest BCUT2D eigenvalue weighted by Crippen LogP contribution is 2.20. The lowest BCUT2D eigenvalue weighted by Gasteiger charge is -2.35. The number of likely N-dealkylation sites (tertiary alicyclic amines) is 1. The van der Waals surface area contributed by atoms with E-state index in [1.165, 1.54) is 32.2 Å². The van der Waals surface area contributed by atoms with Crippen LogP contribution in [-0.2, 0) is 6.54 Å². The van der Waals surface area contributed by atoms with E-state index in [0.29, 0.717) is 6.54 Å². The number of aliphatic imine (C=N–C) groups is 1. The Kier molecular flexibility index (Phi) is 7.27. The van der Waals surface area contributed by atoms with E-state index in [1.54, 1.807) is 7.05 Å². The van der Waals surface area contributed by atoms with E-state index in [4.69, 9.17) is 4.52 Å². The van der Waals surface area contributed by atoms with Gasteiger partial charge in [0, 0.05) is 37.8 Å². The maximum atomic E-state index is 5.44. The third-order valence-corrected chi connectivity index (χ3v) is 5.19. The summed E-state index contributed by atoms with van der Waals surface area (Å²) in [6.45, 7) is 6.04. The van der Waals surface area contributed by atoms with Gasteiger partial charge >= 0.3 is 0 Å². The molecule has 2 N–H and O–H groups in total. The number of nitrogens with zero attached hydrogens (tertiary/aromatic N) is 3. The molecule has 1 saturated heterocycles.